The van der Waals surface area contributed by atoms with Crippen molar-refractivity contribution >= 4 is 48.7 Å². The zero-order valence-corrected chi connectivity index (χ0v) is 18.0. The van der Waals surface area contributed by atoms with Gasteiger partial charge in [-0.05, 0) is 29.8 Å². The highest BCUT2D eigenvalue weighted by molar-refractivity contribution is 7.19. The maximum Gasteiger partial charge on any atom is 0.263 e. The van der Waals surface area contributed by atoms with Crippen LogP contribution >= 0.6 is 22.7 Å². The number of thiazole rings is 1. The van der Waals surface area contributed by atoms with Gasteiger partial charge < -0.3 is 5.11 Å². The molecule has 5 aromatic rings. The zero-order valence-electron chi connectivity index (χ0n) is 16.3. The van der Waals surface area contributed by atoms with E-state index < -0.39 is 0 Å². The highest BCUT2D eigenvalue weighted by Gasteiger charge is 2.17. The number of thiophene rings is 1. The van der Waals surface area contributed by atoms with Gasteiger partial charge in [-0.3, -0.25) is 9.36 Å². The molecule has 0 aliphatic rings. The summed E-state index contributed by atoms with van der Waals surface area (Å²) in [7, 11) is 0. The van der Waals surface area contributed by atoms with Crippen LogP contribution in [0.4, 0.5) is 4.39 Å². The van der Waals surface area contributed by atoms with E-state index in [1.54, 1.807) is 17.5 Å². The summed E-state index contributed by atoms with van der Waals surface area (Å²) >= 11 is 2.61. The van der Waals surface area contributed by atoms with Crippen LogP contribution < -0.4 is 5.56 Å². The predicted octanol–water partition coefficient (Wildman–Crippen LogP) is 5.37. The molecular weight excluding hydrogens is 447 g/mol. The van der Waals surface area contributed by atoms with E-state index in [2.05, 4.69) is 9.97 Å². The zero-order chi connectivity index (χ0) is 22.2. The first-order chi connectivity index (χ1) is 15.5. The van der Waals surface area contributed by atoms with E-state index in [0.717, 1.165) is 10.2 Å². The van der Waals surface area contributed by atoms with Crippen molar-refractivity contribution in [2.24, 2.45) is 0 Å². The van der Waals surface area contributed by atoms with Crippen molar-refractivity contribution in [2.75, 3.05) is 0 Å². The highest BCUT2D eigenvalue weighted by Crippen LogP contribution is 2.31. The average Bonchev–Trinajstić information content (AvgIpc) is 3.41. The lowest BCUT2D eigenvalue weighted by atomic mass is 10.1. The minimum atomic E-state index is -0.363. The molecule has 1 N–H and O–H groups in total. The van der Waals surface area contributed by atoms with Gasteiger partial charge in [0.15, 0.2) is 0 Å². The van der Waals surface area contributed by atoms with Gasteiger partial charge in [-0.2, -0.15) is 5.26 Å². The largest absolute Gasteiger partial charge is 0.509 e. The lowest BCUT2D eigenvalue weighted by Crippen LogP contribution is -2.21. The van der Waals surface area contributed by atoms with Crippen LogP contribution in [0, 0.1) is 17.1 Å². The van der Waals surface area contributed by atoms with Crippen molar-refractivity contribution in [3.8, 4) is 17.2 Å². The molecule has 5 rings (SSSR count). The highest BCUT2D eigenvalue weighted by atomic mass is 32.1. The van der Waals surface area contributed by atoms with Gasteiger partial charge in [0.05, 0.1) is 28.5 Å². The molecule has 32 heavy (non-hydrogen) atoms. The lowest BCUT2D eigenvalue weighted by molar-refractivity contribution is 0.376. The molecule has 156 valence electrons. The molecule has 0 bridgehead atoms. The molecule has 0 unspecified atom stereocenters. The van der Waals surface area contributed by atoms with Gasteiger partial charge in [-0.15, -0.1) is 22.7 Å². The summed E-state index contributed by atoms with van der Waals surface area (Å²) in [5.74, 6) is -0.633. The fraction of sp³-hybridized carbons (Fsp3) is 0.0435. The number of hydrogen-bond donors (Lipinski definition) is 1. The summed E-state index contributed by atoms with van der Waals surface area (Å²) in [6.45, 7) is -0.223. The first-order valence-corrected chi connectivity index (χ1v) is 11.2. The molecule has 0 spiro atoms. The van der Waals surface area contributed by atoms with Crippen LogP contribution in [0.1, 0.15) is 5.01 Å². The van der Waals surface area contributed by atoms with Gasteiger partial charge in [0.25, 0.3) is 5.56 Å². The third kappa shape index (κ3) is 3.45. The number of para-hydroxylation sites is 1. The van der Waals surface area contributed by atoms with Crippen molar-refractivity contribution in [2.45, 2.75) is 6.54 Å². The second-order valence-electron chi connectivity index (χ2n) is 6.93. The number of halogens is 1. The molecule has 0 saturated heterocycles. The van der Waals surface area contributed by atoms with Gasteiger partial charge in [0.2, 0.25) is 0 Å². The number of fused-ring (bicyclic) bond motifs is 2. The Labute approximate surface area is 188 Å². The first-order valence-electron chi connectivity index (χ1n) is 9.46. The normalized spacial score (nSPS) is 12.1. The Morgan fingerprint density at radius 2 is 1.97 bits per heavy atom. The van der Waals surface area contributed by atoms with Crippen molar-refractivity contribution < 1.29 is 9.50 Å². The van der Waals surface area contributed by atoms with E-state index in [0.29, 0.717) is 26.4 Å². The number of hydrogen-bond acceptors (Lipinski definition) is 7. The number of aliphatic hydroxyl groups excluding tert-OH is 1. The second kappa shape index (κ2) is 8.00. The molecule has 0 radical (unpaired) electrons. The first kappa shape index (κ1) is 20.1. The fourth-order valence-corrected chi connectivity index (χ4v) is 5.27. The molecule has 0 fully saturated rings. The molecule has 6 nitrogen and oxygen atoms in total. The summed E-state index contributed by atoms with van der Waals surface area (Å²) in [6.07, 6.45) is 1.35. The quantitative estimate of drug-likeness (QED) is 0.288. The van der Waals surface area contributed by atoms with Gasteiger partial charge in [0.1, 0.15) is 33.1 Å². The minimum absolute atomic E-state index is 0.0160. The molecule has 3 heterocycles. The number of benzene rings is 2. The standard InChI is InChI=1S/C23H13FN4O2S2/c24-14-7-5-13(6-8-14)16-11-31-22-20(16)23(30)28(12-26-22)10-18(29)15(9-25)21-27-17-3-1-2-4-19(17)32-21/h1-8,11-12,29H,10H2/b18-15-. The van der Waals surface area contributed by atoms with Crippen LogP contribution in [0.25, 0.3) is 37.1 Å². The lowest BCUT2D eigenvalue weighted by Gasteiger charge is -2.07. The van der Waals surface area contributed by atoms with Crippen LogP contribution in [0.3, 0.4) is 0 Å². The molecule has 0 amide bonds. The summed E-state index contributed by atoms with van der Waals surface area (Å²) in [4.78, 5) is 22.5. The molecule has 0 aliphatic carbocycles. The van der Waals surface area contributed by atoms with Crippen molar-refractivity contribution in [1.82, 2.24) is 14.5 Å². The van der Waals surface area contributed by atoms with Crippen molar-refractivity contribution in [1.29, 1.82) is 5.26 Å². The van der Waals surface area contributed by atoms with Gasteiger partial charge >= 0.3 is 0 Å². The van der Waals surface area contributed by atoms with Crippen LogP contribution in [0.2, 0.25) is 0 Å². The average molecular weight is 461 g/mol. The number of nitriles is 1. The van der Waals surface area contributed by atoms with Crippen LogP contribution in [0.5, 0.6) is 0 Å². The van der Waals surface area contributed by atoms with Crippen LogP contribution in [-0.4, -0.2) is 19.6 Å². The molecular formula is C23H13FN4O2S2. The molecule has 0 aliphatic heterocycles. The number of allylic oxidation sites excluding steroid dienone is 2. The van der Waals surface area contributed by atoms with E-state index in [-0.39, 0.29) is 29.3 Å². The molecule has 9 heteroatoms. The third-order valence-electron chi connectivity index (χ3n) is 4.94. The molecule has 2 aromatic carbocycles. The van der Waals surface area contributed by atoms with E-state index in [4.69, 9.17) is 0 Å². The van der Waals surface area contributed by atoms with Crippen molar-refractivity contribution in [3.63, 3.8) is 0 Å². The van der Waals surface area contributed by atoms with E-state index in [1.807, 2.05) is 30.3 Å². The second-order valence-corrected chi connectivity index (χ2v) is 8.82. The summed E-state index contributed by atoms with van der Waals surface area (Å²) < 4.78 is 15.5. The minimum Gasteiger partial charge on any atom is -0.509 e. The van der Waals surface area contributed by atoms with E-state index in [1.165, 1.54) is 45.7 Å². The summed E-state index contributed by atoms with van der Waals surface area (Å²) in [6, 6.07) is 15.3. The Morgan fingerprint density at radius 1 is 1.19 bits per heavy atom. The smallest absolute Gasteiger partial charge is 0.263 e. The SMILES string of the molecule is N#C/C(=C(/O)Cn1cnc2scc(-c3ccc(F)cc3)c2c1=O)c1nc2ccccc2s1. The number of nitrogens with zero attached hydrogens (tertiary/aromatic N) is 4. The Hall–Kier alpha value is -3.87. The molecule has 0 saturated carbocycles. The molecule has 0 atom stereocenters. The monoisotopic (exact) mass is 460 g/mol. The van der Waals surface area contributed by atoms with Crippen LogP contribution in [0.15, 0.2) is 70.8 Å². The Bertz CT molecular complexity index is 1570. The Morgan fingerprint density at radius 3 is 2.72 bits per heavy atom. The number of rotatable bonds is 4. The maximum absolute atomic E-state index is 13.3. The fourth-order valence-electron chi connectivity index (χ4n) is 3.38. The topological polar surface area (TPSA) is 91.8 Å². The third-order valence-corrected chi connectivity index (χ3v) is 6.88. The summed E-state index contributed by atoms with van der Waals surface area (Å²) in [5, 5.41) is 22.9. The predicted molar refractivity (Wildman–Crippen MR) is 124 cm³/mol. The number of aliphatic hydroxyl groups is 1. The van der Waals surface area contributed by atoms with Crippen molar-refractivity contribution in [3.05, 3.63) is 87.2 Å². The van der Waals surface area contributed by atoms with Gasteiger partial charge in [-0.1, -0.05) is 24.3 Å². The number of aromatic nitrogens is 3. The maximum atomic E-state index is 13.3. The van der Waals surface area contributed by atoms with Crippen LogP contribution in [-0.2, 0) is 6.54 Å². The van der Waals surface area contributed by atoms with E-state index in [9.17, 15) is 19.6 Å². The van der Waals surface area contributed by atoms with Gasteiger partial charge in [-0.25, -0.2) is 14.4 Å². The Kier molecular flexibility index (Phi) is 5.01. The van der Waals surface area contributed by atoms with E-state index >= 15 is 0 Å². The summed E-state index contributed by atoms with van der Waals surface area (Å²) in [5.41, 5.74) is 1.73. The van der Waals surface area contributed by atoms with Gasteiger partial charge in [0, 0.05) is 10.9 Å². The molecule has 3 aromatic heterocycles. The Balaban J connectivity index is 1.58.